The number of imide groups is 1. The maximum Gasteiger partial charge on any atom is 0.237 e. The predicted octanol–water partition coefficient (Wildman–Crippen LogP) is 3.12. The number of carbonyl (C=O) groups excluding carboxylic acids is 2. The molecule has 1 N–H and O–H groups in total. The van der Waals surface area contributed by atoms with E-state index in [9.17, 15) is 9.59 Å². The molecule has 0 unspecified atom stereocenters. The normalized spacial score (nSPS) is 10.4. The molecule has 0 saturated heterocycles. The van der Waals surface area contributed by atoms with Crippen LogP contribution >= 0.6 is 11.8 Å². The van der Waals surface area contributed by atoms with Gasteiger partial charge in [0.1, 0.15) is 5.75 Å². The second-order valence-corrected chi connectivity index (χ2v) is 7.27. The summed E-state index contributed by atoms with van der Waals surface area (Å²) in [5, 5.41) is 11.5. The highest BCUT2D eigenvalue weighted by molar-refractivity contribution is 7.99. The lowest BCUT2D eigenvalue weighted by Gasteiger charge is -2.10. The third kappa shape index (κ3) is 5.36. The number of thioether (sulfide) groups is 1. The van der Waals surface area contributed by atoms with Crippen LogP contribution in [-0.4, -0.2) is 39.4 Å². The van der Waals surface area contributed by atoms with E-state index in [4.69, 9.17) is 4.74 Å². The molecule has 0 aliphatic heterocycles. The molecule has 154 valence electrons. The van der Waals surface area contributed by atoms with Crippen LogP contribution in [0.15, 0.2) is 72.4 Å². The maximum absolute atomic E-state index is 12.2. The fourth-order valence-electron chi connectivity index (χ4n) is 2.86. The summed E-state index contributed by atoms with van der Waals surface area (Å²) in [7, 11) is 1.60. The average molecular weight is 423 g/mol. The van der Waals surface area contributed by atoms with Crippen molar-refractivity contribution in [2.45, 2.75) is 18.1 Å². The van der Waals surface area contributed by atoms with Gasteiger partial charge in [-0.3, -0.25) is 19.5 Å². The fraction of sp³-hybridized carbons (Fsp3) is 0.182. The summed E-state index contributed by atoms with van der Waals surface area (Å²) in [5.74, 6) is 0.621. The second kappa shape index (κ2) is 10.4. The van der Waals surface area contributed by atoms with Crippen molar-refractivity contribution in [1.82, 2.24) is 20.1 Å². The largest absolute Gasteiger partial charge is 0.496 e. The molecule has 8 heteroatoms. The Morgan fingerprint density at radius 2 is 1.83 bits per heavy atom. The Morgan fingerprint density at radius 3 is 2.57 bits per heavy atom. The topological polar surface area (TPSA) is 86.1 Å². The summed E-state index contributed by atoms with van der Waals surface area (Å²) >= 11 is 1.21. The Hall–Kier alpha value is -3.39. The Labute approximate surface area is 179 Å². The number of para-hydroxylation sites is 1. The molecule has 0 fully saturated rings. The molecule has 7 nitrogen and oxygen atoms in total. The molecule has 0 aliphatic carbocycles. The number of ether oxygens (including phenoxy) is 1. The predicted molar refractivity (Wildman–Crippen MR) is 116 cm³/mol. The van der Waals surface area contributed by atoms with Crippen molar-refractivity contribution in [1.29, 1.82) is 0 Å². The third-order valence-electron chi connectivity index (χ3n) is 4.20. The zero-order valence-corrected chi connectivity index (χ0v) is 17.4. The van der Waals surface area contributed by atoms with Crippen molar-refractivity contribution in [3.63, 3.8) is 0 Å². The number of hydrogen-bond acceptors (Lipinski definition) is 6. The second-order valence-electron chi connectivity index (χ2n) is 6.33. The van der Waals surface area contributed by atoms with E-state index in [0.717, 1.165) is 11.1 Å². The number of methoxy groups -OCH3 is 1. The highest BCUT2D eigenvalue weighted by Gasteiger charge is 2.18. The molecule has 0 spiro atoms. The van der Waals surface area contributed by atoms with Crippen LogP contribution < -0.4 is 10.1 Å². The minimum Gasteiger partial charge on any atom is -0.496 e. The lowest BCUT2D eigenvalue weighted by molar-refractivity contribution is -0.128. The molecular formula is C22H22N4O3S. The van der Waals surface area contributed by atoms with E-state index < -0.39 is 0 Å². The summed E-state index contributed by atoms with van der Waals surface area (Å²) < 4.78 is 7.27. The lowest BCUT2D eigenvalue weighted by Crippen LogP contribution is -2.33. The molecule has 2 amide bonds. The molecular weight excluding hydrogens is 400 g/mol. The summed E-state index contributed by atoms with van der Waals surface area (Å²) in [6.07, 6.45) is 1.89. The van der Waals surface area contributed by atoms with E-state index in [2.05, 4.69) is 22.1 Å². The standard InChI is InChI=1S/C22H22N4O3S/c1-3-13-26-21(17-11-7-8-12-18(17)29-2)24-25-22(26)30-15-20(28)23-19(27)14-16-9-5-4-6-10-16/h3-12H,1,13-15H2,2H3,(H,23,27,28). The van der Waals surface area contributed by atoms with Crippen LogP contribution in [0.1, 0.15) is 5.56 Å². The first-order chi connectivity index (χ1) is 14.6. The van der Waals surface area contributed by atoms with Gasteiger partial charge in [-0.15, -0.1) is 16.8 Å². The highest BCUT2D eigenvalue weighted by atomic mass is 32.2. The summed E-state index contributed by atoms with van der Waals surface area (Å²) in [4.78, 5) is 24.3. The first kappa shape index (κ1) is 21.3. The van der Waals surface area contributed by atoms with Gasteiger partial charge in [0.15, 0.2) is 11.0 Å². The molecule has 0 radical (unpaired) electrons. The van der Waals surface area contributed by atoms with Gasteiger partial charge in [0, 0.05) is 6.54 Å². The first-order valence-electron chi connectivity index (χ1n) is 9.29. The van der Waals surface area contributed by atoms with Gasteiger partial charge < -0.3 is 4.74 Å². The SMILES string of the molecule is C=CCn1c(SCC(=O)NC(=O)Cc2ccccc2)nnc1-c1ccccc1OC. The molecule has 0 saturated carbocycles. The number of nitrogens with zero attached hydrogens (tertiary/aromatic N) is 3. The van der Waals surface area contributed by atoms with Crippen LogP contribution in [0.25, 0.3) is 11.4 Å². The van der Waals surface area contributed by atoms with Crippen LogP contribution in [-0.2, 0) is 22.6 Å². The monoisotopic (exact) mass is 422 g/mol. The number of rotatable bonds is 9. The Balaban J connectivity index is 1.66. The number of hydrogen-bond donors (Lipinski definition) is 1. The smallest absolute Gasteiger partial charge is 0.237 e. The van der Waals surface area contributed by atoms with Gasteiger partial charge in [-0.25, -0.2) is 0 Å². The first-order valence-corrected chi connectivity index (χ1v) is 10.3. The van der Waals surface area contributed by atoms with Crippen molar-refractivity contribution < 1.29 is 14.3 Å². The molecule has 3 rings (SSSR count). The van der Waals surface area contributed by atoms with Gasteiger partial charge in [0.2, 0.25) is 11.8 Å². The van der Waals surface area contributed by atoms with Crippen LogP contribution in [0.4, 0.5) is 0 Å². The van der Waals surface area contributed by atoms with Crippen molar-refractivity contribution in [2.75, 3.05) is 12.9 Å². The number of aromatic nitrogens is 3. The van der Waals surface area contributed by atoms with E-state index in [0.29, 0.717) is 23.3 Å². The quantitative estimate of drug-likeness (QED) is 0.421. The number of nitrogens with one attached hydrogen (secondary N) is 1. The zero-order valence-electron chi connectivity index (χ0n) is 16.6. The van der Waals surface area contributed by atoms with Crippen molar-refractivity contribution >= 4 is 23.6 Å². The van der Waals surface area contributed by atoms with Crippen LogP contribution in [0, 0.1) is 0 Å². The Bertz CT molecular complexity index is 1030. The van der Waals surface area contributed by atoms with Crippen molar-refractivity contribution in [3.8, 4) is 17.1 Å². The van der Waals surface area contributed by atoms with E-state index in [1.54, 1.807) is 13.2 Å². The summed E-state index contributed by atoms with van der Waals surface area (Å²) in [6.45, 7) is 4.26. The molecule has 0 atom stereocenters. The molecule has 0 aliphatic rings. The number of allylic oxidation sites excluding steroid dienone is 1. The van der Waals surface area contributed by atoms with Crippen LogP contribution in [0.3, 0.4) is 0 Å². The molecule has 1 aromatic heterocycles. The van der Waals surface area contributed by atoms with Crippen LogP contribution in [0.5, 0.6) is 5.75 Å². The minimum absolute atomic E-state index is 0.0434. The van der Waals surface area contributed by atoms with Crippen LogP contribution in [0.2, 0.25) is 0 Å². The zero-order chi connectivity index (χ0) is 21.3. The van der Waals surface area contributed by atoms with Crippen molar-refractivity contribution in [3.05, 3.63) is 72.8 Å². The van der Waals surface area contributed by atoms with E-state index in [1.165, 1.54) is 11.8 Å². The van der Waals surface area contributed by atoms with Gasteiger partial charge in [-0.1, -0.05) is 60.3 Å². The van der Waals surface area contributed by atoms with Gasteiger partial charge in [-0.2, -0.15) is 0 Å². The third-order valence-corrected chi connectivity index (χ3v) is 5.16. The van der Waals surface area contributed by atoms with Gasteiger partial charge in [-0.05, 0) is 17.7 Å². The Morgan fingerprint density at radius 1 is 1.10 bits per heavy atom. The van der Waals surface area contributed by atoms with E-state index >= 15 is 0 Å². The van der Waals surface area contributed by atoms with Gasteiger partial charge >= 0.3 is 0 Å². The molecule has 2 aromatic carbocycles. The van der Waals surface area contributed by atoms with E-state index in [1.807, 2.05) is 59.2 Å². The van der Waals surface area contributed by atoms with Gasteiger partial charge in [0.25, 0.3) is 0 Å². The number of carbonyl (C=O) groups is 2. The molecule has 3 aromatic rings. The summed E-state index contributed by atoms with van der Waals surface area (Å²) in [6, 6.07) is 16.8. The highest BCUT2D eigenvalue weighted by Crippen LogP contribution is 2.30. The summed E-state index contributed by atoms with van der Waals surface area (Å²) in [5.41, 5.74) is 1.64. The van der Waals surface area contributed by atoms with Gasteiger partial charge in [0.05, 0.1) is 24.8 Å². The number of amides is 2. The molecule has 1 heterocycles. The molecule has 0 bridgehead atoms. The number of benzene rings is 2. The lowest BCUT2D eigenvalue weighted by atomic mass is 10.1. The van der Waals surface area contributed by atoms with E-state index in [-0.39, 0.29) is 24.0 Å². The van der Waals surface area contributed by atoms with Crippen molar-refractivity contribution in [2.24, 2.45) is 0 Å². The Kier molecular flexibility index (Phi) is 7.40. The minimum atomic E-state index is -0.382. The molecule has 30 heavy (non-hydrogen) atoms. The fourth-order valence-corrected chi connectivity index (χ4v) is 3.61. The maximum atomic E-state index is 12.2. The average Bonchev–Trinajstić information content (AvgIpc) is 3.15.